The van der Waals surface area contributed by atoms with Crippen molar-refractivity contribution in [1.82, 2.24) is 10.1 Å². The van der Waals surface area contributed by atoms with Crippen molar-refractivity contribution in [2.45, 2.75) is 58.3 Å². The number of halogens is 3. The van der Waals surface area contributed by atoms with E-state index < -0.39 is 11.8 Å². The Morgan fingerprint density at radius 2 is 2.13 bits per heavy atom. The van der Waals surface area contributed by atoms with Crippen LogP contribution in [0.4, 0.5) is 14.5 Å². The maximum atomic E-state index is 13.4. The van der Waals surface area contributed by atoms with Crippen LogP contribution in [0, 0.1) is 5.41 Å². The van der Waals surface area contributed by atoms with Gasteiger partial charge < -0.3 is 9.42 Å². The van der Waals surface area contributed by atoms with Crippen LogP contribution < -0.4 is 4.90 Å². The average Bonchev–Trinajstić information content (AvgIpc) is 3.16. The van der Waals surface area contributed by atoms with Crippen molar-refractivity contribution < 1.29 is 18.1 Å². The third-order valence-corrected chi connectivity index (χ3v) is 6.45. The molecule has 1 aromatic heterocycles. The van der Waals surface area contributed by atoms with Crippen molar-refractivity contribution in [2.24, 2.45) is 5.41 Å². The molecule has 0 radical (unpaired) electrons. The van der Waals surface area contributed by atoms with Gasteiger partial charge in [0, 0.05) is 30.0 Å². The van der Waals surface area contributed by atoms with Crippen LogP contribution in [0.15, 0.2) is 38.8 Å². The number of benzene rings is 1. The third-order valence-electron chi connectivity index (χ3n) is 5.96. The van der Waals surface area contributed by atoms with Gasteiger partial charge in [0.2, 0.25) is 5.91 Å². The Morgan fingerprint density at radius 1 is 1.37 bits per heavy atom. The molecule has 2 bridgehead atoms. The summed E-state index contributed by atoms with van der Waals surface area (Å²) in [7, 11) is 0. The highest BCUT2D eigenvalue weighted by molar-refractivity contribution is 9.10. The Kier molecular flexibility index (Phi) is 5.55. The Balaban J connectivity index is 1.53. The van der Waals surface area contributed by atoms with E-state index in [0.29, 0.717) is 19.4 Å². The van der Waals surface area contributed by atoms with Crippen LogP contribution in [-0.2, 0) is 10.7 Å². The first-order chi connectivity index (χ1) is 14.2. The predicted molar refractivity (Wildman–Crippen MR) is 113 cm³/mol. The highest BCUT2D eigenvalue weighted by atomic mass is 79.9. The van der Waals surface area contributed by atoms with Gasteiger partial charge in [-0.2, -0.15) is 13.8 Å². The Bertz CT molecular complexity index is 988. The fraction of sp³-hybridized carbons (Fsp3) is 0.500. The van der Waals surface area contributed by atoms with Crippen molar-refractivity contribution in [1.29, 1.82) is 0 Å². The third kappa shape index (κ3) is 4.06. The molecule has 1 saturated carbocycles. The lowest BCUT2D eigenvalue weighted by atomic mass is 9.57. The van der Waals surface area contributed by atoms with Gasteiger partial charge in [-0.15, -0.1) is 0 Å². The van der Waals surface area contributed by atoms with Crippen molar-refractivity contribution in [3.05, 3.63) is 46.0 Å². The topological polar surface area (TPSA) is 59.2 Å². The predicted octanol–water partition coefficient (Wildman–Crippen LogP) is 6.10. The summed E-state index contributed by atoms with van der Waals surface area (Å²) < 4.78 is 32.5. The number of carbonyl (C=O) groups excluding carboxylic acids is 1. The summed E-state index contributed by atoms with van der Waals surface area (Å²) in [4.78, 5) is 18.7. The molecule has 3 aliphatic rings. The molecule has 30 heavy (non-hydrogen) atoms. The van der Waals surface area contributed by atoms with Crippen LogP contribution in [0.1, 0.15) is 64.1 Å². The van der Waals surface area contributed by atoms with E-state index >= 15 is 0 Å². The second-order valence-corrected chi connectivity index (χ2v) is 9.37. The Labute approximate surface area is 182 Å². The number of anilines is 1. The fourth-order valence-electron chi connectivity index (χ4n) is 4.45. The normalized spacial score (nSPS) is 17.6. The number of rotatable bonds is 7. The highest BCUT2D eigenvalue weighted by Gasteiger charge is 2.48. The minimum atomic E-state index is -3.14. The van der Waals surface area contributed by atoms with E-state index in [1.165, 1.54) is 5.57 Å². The van der Waals surface area contributed by atoms with Crippen LogP contribution >= 0.6 is 15.9 Å². The van der Waals surface area contributed by atoms with E-state index in [0.717, 1.165) is 48.3 Å². The molecule has 1 aromatic carbocycles. The summed E-state index contributed by atoms with van der Waals surface area (Å²) in [5.74, 6) is -3.38. The van der Waals surface area contributed by atoms with E-state index in [4.69, 9.17) is 4.52 Å². The number of aromatic nitrogens is 2. The van der Waals surface area contributed by atoms with Gasteiger partial charge in [-0.05, 0) is 61.3 Å². The summed E-state index contributed by atoms with van der Waals surface area (Å²) in [5.41, 5.74) is 3.02. The van der Waals surface area contributed by atoms with Gasteiger partial charge in [-0.3, -0.25) is 4.79 Å². The molecule has 5 rings (SSSR count). The molecule has 8 heteroatoms. The molecule has 1 fully saturated rings. The average molecular weight is 480 g/mol. The molecule has 0 spiro atoms. The molecule has 5 nitrogen and oxygen atoms in total. The van der Waals surface area contributed by atoms with Gasteiger partial charge >= 0.3 is 5.92 Å². The summed E-state index contributed by atoms with van der Waals surface area (Å²) >= 11 is 3.50. The van der Waals surface area contributed by atoms with Gasteiger partial charge in [0.25, 0.3) is 5.89 Å². The molecule has 160 valence electrons. The smallest absolute Gasteiger partial charge is 0.322 e. The van der Waals surface area contributed by atoms with Crippen molar-refractivity contribution >= 4 is 33.1 Å². The lowest BCUT2D eigenvalue weighted by Crippen LogP contribution is -2.48. The molecule has 0 N–H and O–H groups in total. The molecule has 3 aliphatic carbocycles. The Hall–Kier alpha value is -2.09. The minimum Gasteiger partial charge on any atom is -0.332 e. The zero-order valence-corrected chi connectivity index (χ0v) is 18.6. The molecule has 1 heterocycles. The number of alkyl halides is 2. The first-order valence-electron chi connectivity index (χ1n) is 10.2. The molecule has 0 saturated heterocycles. The quantitative estimate of drug-likeness (QED) is 0.480. The van der Waals surface area contributed by atoms with Gasteiger partial charge in [-0.25, -0.2) is 0 Å². The summed E-state index contributed by atoms with van der Waals surface area (Å²) in [5, 5.41) is 3.78. The molecule has 2 aromatic rings. The summed E-state index contributed by atoms with van der Waals surface area (Å²) in [6.45, 7) is 3.41. The number of nitrogens with zero attached hydrogens (tertiary/aromatic N) is 3. The van der Waals surface area contributed by atoms with E-state index in [1.807, 2.05) is 36.1 Å². The van der Waals surface area contributed by atoms with Gasteiger partial charge in [-0.1, -0.05) is 39.6 Å². The maximum absolute atomic E-state index is 13.4. The van der Waals surface area contributed by atoms with Gasteiger partial charge in [0.1, 0.15) is 0 Å². The number of fused-ring (bicyclic) bond motifs is 2. The second-order valence-electron chi connectivity index (χ2n) is 8.46. The molecular formula is C22H24BrF2N3O2. The number of hydrogen-bond donors (Lipinski definition) is 0. The van der Waals surface area contributed by atoms with Crippen LogP contribution in [-0.4, -0.2) is 22.6 Å². The monoisotopic (exact) mass is 479 g/mol. The van der Waals surface area contributed by atoms with Crippen LogP contribution in [0.25, 0.3) is 5.57 Å². The second kappa shape index (κ2) is 7.87. The zero-order valence-electron chi connectivity index (χ0n) is 17.1. The van der Waals surface area contributed by atoms with E-state index in [-0.39, 0.29) is 17.1 Å². The van der Waals surface area contributed by atoms with E-state index in [9.17, 15) is 13.6 Å². The summed E-state index contributed by atoms with van der Waals surface area (Å²) in [6.07, 6.45) is 4.54. The molecule has 0 atom stereocenters. The minimum absolute atomic E-state index is 0.0197. The van der Waals surface area contributed by atoms with Crippen molar-refractivity contribution in [3.8, 4) is 0 Å². The van der Waals surface area contributed by atoms with Crippen LogP contribution in [0.3, 0.4) is 0 Å². The molecule has 0 aliphatic heterocycles. The number of hydrogen-bond acceptors (Lipinski definition) is 4. The number of amides is 1. The number of allylic oxidation sites excluding steroid dienone is 2. The van der Waals surface area contributed by atoms with Crippen molar-refractivity contribution in [2.75, 3.05) is 11.4 Å². The summed E-state index contributed by atoms with van der Waals surface area (Å²) in [6, 6.07) is 7.82. The molecule has 1 amide bonds. The van der Waals surface area contributed by atoms with Crippen LogP contribution in [0.2, 0.25) is 0 Å². The number of carbonyl (C=O) groups is 1. The lowest BCUT2D eigenvalue weighted by Gasteiger charge is -2.51. The first kappa shape index (κ1) is 21.2. The SMILES string of the molecule is CCCC(=O)N(CC12CCC(c3noc(C(C)(F)F)n3)=C(C1)C2)c1cccc(Br)c1. The molecular weight excluding hydrogens is 456 g/mol. The van der Waals surface area contributed by atoms with Crippen molar-refractivity contribution in [3.63, 3.8) is 0 Å². The van der Waals surface area contributed by atoms with E-state index in [2.05, 4.69) is 26.1 Å². The highest BCUT2D eigenvalue weighted by Crippen LogP contribution is 2.57. The van der Waals surface area contributed by atoms with E-state index in [1.54, 1.807) is 0 Å². The lowest BCUT2D eigenvalue weighted by molar-refractivity contribution is -0.119. The maximum Gasteiger partial charge on any atom is 0.322 e. The first-order valence-corrected chi connectivity index (χ1v) is 11.0. The standard InChI is InChI=1S/C22H24BrF2N3O2/c1-3-5-18(29)28(16-7-4-6-15(23)10-16)13-22-9-8-17(14(11-22)12-22)19-26-20(30-27-19)21(2,24)25/h4,6-7,10H,3,5,8-9,11-13H2,1-2H3. The van der Waals surface area contributed by atoms with Gasteiger partial charge in [0.15, 0.2) is 5.82 Å². The largest absolute Gasteiger partial charge is 0.332 e. The fourth-order valence-corrected chi connectivity index (χ4v) is 4.83. The Morgan fingerprint density at radius 3 is 2.70 bits per heavy atom. The van der Waals surface area contributed by atoms with Crippen LogP contribution in [0.5, 0.6) is 0 Å². The zero-order chi connectivity index (χ0) is 21.5. The molecule has 0 unspecified atom stereocenters. The van der Waals surface area contributed by atoms with Gasteiger partial charge in [0.05, 0.1) is 0 Å².